The Balaban J connectivity index is 2.58. The summed E-state index contributed by atoms with van der Waals surface area (Å²) in [6.07, 6.45) is 0.512. The summed E-state index contributed by atoms with van der Waals surface area (Å²) in [7, 11) is 0. The molecule has 0 aromatic heterocycles. The average molecular weight is 289 g/mol. The predicted octanol–water partition coefficient (Wildman–Crippen LogP) is 4.56. The van der Waals surface area contributed by atoms with Crippen LogP contribution in [0.5, 0.6) is 0 Å². The molecule has 0 aliphatic heterocycles. The van der Waals surface area contributed by atoms with Crippen molar-refractivity contribution in [3.63, 3.8) is 0 Å². The van der Waals surface area contributed by atoms with Crippen molar-refractivity contribution >= 4 is 17.6 Å². The summed E-state index contributed by atoms with van der Waals surface area (Å²) in [5.74, 6) is -1.03. The third kappa shape index (κ3) is 2.59. The molecule has 1 saturated carbocycles. The smallest absolute Gasteiger partial charge is 0.314 e. The largest absolute Gasteiger partial charge is 0.481 e. The number of alkyl halides is 2. The third-order valence-corrected chi connectivity index (χ3v) is 4.12. The van der Waals surface area contributed by atoms with Crippen LogP contribution < -0.4 is 0 Å². The van der Waals surface area contributed by atoms with Gasteiger partial charge in [0.2, 0.25) is 0 Å². The first-order valence-corrected chi connectivity index (χ1v) is 6.66. The molecule has 0 unspecified atom stereocenters. The fourth-order valence-corrected chi connectivity index (χ4v) is 3.06. The maximum absolute atomic E-state index is 13.1. The van der Waals surface area contributed by atoms with E-state index in [1.807, 2.05) is 0 Å². The molecule has 1 aliphatic carbocycles. The van der Waals surface area contributed by atoms with Crippen LogP contribution in [0.25, 0.3) is 0 Å². The van der Waals surface area contributed by atoms with Gasteiger partial charge in [-0.2, -0.15) is 0 Å². The molecule has 0 saturated heterocycles. The van der Waals surface area contributed by atoms with E-state index in [2.05, 4.69) is 0 Å². The quantitative estimate of drug-likeness (QED) is 0.885. The lowest BCUT2D eigenvalue weighted by molar-refractivity contribution is -0.145. The average Bonchev–Trinajstić information content (AvgIpc) is 2.38. The number of hydrogen-bond acceptors (Lipinski definition) is 1. The molecule has 2 nitrogen and oxygen atoms in total. The Labute approximate surface area is 115 Å². The fourth-order valence-electron chi connectivity index (χ4n) is 2.89. The van der Waals surface area contributed by atoms with Crippen molar-refractivity contribution in [3.05, 3.63) is 34.3 Å². The summed E-state index contributed by atoms with van der Waals surface area (Å²) in [6.45, 7) is 0. The fraction of sp³-hybridized carbons (Fsp3) is 0.500. The molecule has 1 aromatic carbocycles. The van der Waals surface area contributed by atoms with Gasteiger partial charge >= 0.3 is 5.97 Å². The second kappa shape index (κ2) is 5.45. The Kier molecular flexibility index (Phi) is 4.09. The molecule has 1 fully saturated rings. The Morgan fingerprint density at radius 3 is 2.42 bits per heavy atom. The van der Waals surface area contributed by atoms with Gasteiger partial charge < -0.3 is 5.11 Å². The maximum Gasteiger partial charge on any atom is 0.314 e. The van der Waals surface area contributed by atoms with Crippen molar-refractivity contribution in [1.29, 1.82) is 0 Å². The van der Waals surface area contributed by atoms with E-state index in [1.165, 1.54) is 18.2 Å². The van der Waals surface area contributed by atoms with Gasteiger partial charge in [-0.1, -0.05) is 36.9 Å². The van der Waals surface area contributed by atoms with Gasteiger partial charge in [-0.25, -0.2) is 8.78 Å². The van der Waals surface area contributed by atoms with Gasteiger partial charge in [0.15, 0.2) is 0 Å². The Bertz CT molecular complexity index is 482. The number of benzene rings is 1. The second-order valence-electron chi connectivity index (χ2n) is 4.98. The van der Waals surface area contributed by atoms with Gasteiger partial charge in [0, 0.05) is 10.6 Å². The maximum atomic E-state index is 13.1. The van der Waals surface area contributed by atoms with Crippen molar-refractivity contribution in [2.75, 3.05) is 0 Å². The van der Waals surface area contributed by atoms with E-state index in [9.17, 15) is 18.7 Å². The van der Waals surface area contributed by atoms with Gasteiger partial charge in [0.1, 0.15) is 0 Å². The SMILES string of the molecule is O=C(O)C1(c2cc(Cl)ccc2C(F)F)CCCCC1. The van der Waals surface area contributed by atoms with Crippen molar-refractivity contribution in [2.24, 2.45) is 0 Å². The Hall–Kier alpha value is -1.16. The number of hydrogen-bond donors (Lipinski definition) is 1. The van der Waals surface area contributed by atoms with E-state index >= 15 is 0 Å². The van der Waals surface area contributed by atoms with E-state index < -0.39 is 17.8 Å². The highest BCUT2D eigenvalue weighted by atomic mass is 35.5. The highest BCUT2D eigenvalue weighted by Gasteiger charge is 2.43. The molecular weight excluding hydrogens is 274 g/mol. The van der Waals surface area contributed by atoms with Crippen molar-refractivity contribution < 1.29 is 18.7 Å². The number of halogens is 3. The van der Waals surface area contributed by atoms with E-state index in [4.69, 9.17) is 11.6 Å². The molecule has 1 aromatic rings. The van der Waals surface area contributed by atoms with E-state index in [0.29, 0.717) is 17.9 Å². The number of carboxylic acid groups (broad SMARTS) is 1. The lowest BCUT2D eigenvalue weighted by atomic mass is 9.68. The number of aliphatic carboxylic acids is 1. The first-order valence-electron chi connectivity index (χ1n) is 6.29. The monoisotopic (exact) mass is 288 g/mol. The van der Waals surface area contributed by atoms with Gasteiger partial charge in [0.25, 0.3) is 6.43 Å². The lowest BCUT2D eigenvalue weighted by Gasteiger charge is -2.35. The minimum Gasteiger partial charge on any atom is -0.481 e. The standard InChI is InChI=1S/C14H15ClF2O2/c15-9-4-5-10(12(16)17)11(8-9)14(13(18)19)6-2-1-3-7-14/h4-5,8,12H,1-3,6-7H2,(H,18,19). The number of rotatable bonds is 3. The van der Waals surface area contributed by atoms with Gasteiger partial charge in [-0.3, -0.25) is 4.79 Å². The van der Waals surface area contributed by atoms with Gasteiger partial charge in [-0.05, 0) is 30.5 Å². The van der Waals surface area contributed by atoms with Crippen LogP contribution in [0.3, 0.4) is 0 Å². The second-order valence-corrected chi connectivity index (χ2v) is 5.42. The topological polar surface area (TPSA) is 37.3 Å². The Morgan fingerprint density at radius 2 is 1.89 bits per heavy atom. The first kappa shape index (κ1) is 14.3. The zero-order chi connectivity index (χ0) is 14.0. The van der Waals surface area contributed by atoms with E-state index in [1.54, 1.807) is 0 Å². The summed E-state index contributed by atoms with van der Waals surface area (Å²) >= 11 is 5.87. The van der Waals surface area contributed by atoms with Crippen LogP contribution in [0.2, 0.25) is 5.02 Å². The normalized spacial score (nSPS) is 18.5. The molecular formula is C14H15ClF2O2. The molecule has 1 aliphatic rings. The van der Waals surface area contributed by atoms with Crippen LogP contribution >= 0.6 is 11.6 Å². The van der Waals surface area contributed by atoms with Crippen LogP contribution in [0, 0.1) is 0 Å². The zero-order valence-corrected chi connectivity index (χ0v) is 11.1. The molecule has 0 heterocycles. The summed E-state index contributed by atoms with van der Waals surface area (Å²) < 4.78 is 26.2. The summed E-state index contributed by atoms with van der Waals surface area (Å²) in [5.41, 5.74) is -1.24. The Morgan fingerprint density at radius 1 is 1.26 bits per heavy atom. The van der Waals surface area contributed by atoms with Crippen LogP contribution in [0.4, 0.5) is 8.78 Å². The van der Waals surface area contributed by atoms with E-state index in [-0.39, 0.29) is 11.1 Å². The molecule has 2 rings (SSSR count). The molecule has 0 spiro atoms. The number of carbonyl (C=O) groups is 1. The van der Waals surface area contributed by atoms with E-state index in [0.717, 1.165) is 19.3 Å². The van der Waals surface area contributed by atoms with Crippen LogP contribution in [-0.4, -0.2) is 11.1 Å². The summed E-state index contributed by atoms with van der Waals surface area (Å²) in [5, 5.41) is 9.85. The summed E-state index contributed by atoms with van der Waals surface area (Å²) in [6, 6.07) is 4.01. The van der Waals surface area contributed by atoms with Crippen molar-refractivity contribution in [3.8, 4) is 0 Å². The van der Waals surface area contributed by atoms with Crippen molar-refractivity contribution in [2.45, 2.75) is 43.9 Å². The lowest BCUT2D eigenvalue weighted by Crippen LogP contribution is -2.38. The molecule has 0 radical (unpaired) electrons. The van der Waals surface area contributed by atoms with Gasteiger partial charge in [0.05, 0.1) is 5.41 Å². The molecule has 0 amide bonds. The van der Waals surface area contributed by atoms with Crippen LogP contribution in [0.15, 0.2) is 18.2 Å². The predicted molar refractivity (Wildman–Crippen MR) is 68.8 cm³/mol. The highest BCUT2D eigenvalue weighted by molar-refractivity contribution is 6.30. The molecule has 1 N–H and O–H groups in total. The molecule has 5 heteroatoms. The highest BCUT2D eigenvalue weighted by Crippen LogP contribution is 2.44. The van der Waals surface area contributed by atoms with Gasteiger partial charge in [-0.15, -0.1) is 0 Å². The molecule has 104 valence electrons. The minimum atomic E-state index is -2.69. The zero-order valence-electron chi connectivity index (χ0n) is 10.3. The third-order valence-electron chi connectivity index (χ3n) is 3.88. The molecule has 19 heavy (non-hydrogen) atoms. The first-order chi connectivity index (χ1) is 8.97. The summed E-state index contributed by atoms with van der Waals surface area (Å²) in [4.78, 5) is 11.7. The number of carboxylic acids is 1. The van der Waals surface area contributed by atoms with Crippen molar-refractivity contribution in [1.82, 2.24) is 0 Å². The molecule has 0 bridgehead atoms. The van der Waals surface area contributed by atoms with Crippen LogP contribution in [0.1, 0.15) is 49.7 Å². The minimum absolute atomic E-state index is 0.183. The molecule has 0 atom stereocenters. The van der Waals surface area contributed by atoms with Crippen LogP contribution in [-0.2, 0) is 10.2 Å².